The first-order valence-corrected chi connectivity index (χ1v) is 7.64. The maximum Gasteiger partial charge on any atom is 0.165 e. The summed E-state index contributed by atoms with van der Waals surface area (Å²) in [7, 11) is 2.06. The van der Waals surface area contributed by atoms with Crippen molar-refractivity contribution in [3.05, 3.63) is 33.3 Å². The van der Waals surface area contributed by atoms with Gasteiger partial charge in [-0.05, 0) is 45.5 Å². The van der Waals surface area contributed by atoms with Gasteiger partial charge in [0.1, 0.15) is 0 Å². The van der Waals surface area contributed by atoms with Crippen molar-refractivity contribution < 1.29 is 4.79 Å². The van der Waals surface area contributed by atoms with Crippen molar-refractivity contribution in [2.24, 2.45) is 0 Å². The van der Waals surface area contributed by atoms with Crippen molar-refractivity contribution in [2.45, 2.75) is 39.2 Å². The average molecular weight is 347 g/mol. The van der Waals surface area contributed by atoms with Crippen LogP contribution in [0.3, 0.4) is 0 Å². The molecule has 0 saturated heterocycles. The van der Waals surface area contributed by atoms with E-state index in [1.54, 1.807) is 12.1 Å². The Labute approximate surface area is 129 Å². The Kier molecular flexibility index (Phi) is 6.03. The van der Waals surface area contributed by atoms with E-state index in [4.69, 9.17) is 11.6 Å². The fourth-order valence-electron chi connectivity index (χ4n) is 1.69. The Morgan fingerprint density at radius 1 is 1.42 bits per heavy atom. The van der Waals surface area contributed by atoms with E-state index < -0.39 is 0 Å². The number of ketones is 1. The molecule has 0 atom stereocenters. The van der Waals surface area contributed by atoms with Crippen LogP contribution in [0.1, 0.15) is 44.0 Å². The first-order chi connectivity index (χ1) is 8.77. The number of halogens is 2. The highest BCUT2D eigenvalue weighted by Crippen LogP contribution is 2.23. The van der Waals surface area contributed by atoms with Crippen LogP contribution >= 0.6 is 27.5 Å². The molecule has 19 heavy (non-hydrogen) atoms. The highest BCUT2D eigenvalue weighted by Gasteiger charge is 2.21. The molecule has 1 aromatic carbocycles. The standard InChI is InChI=1S/C15H21BrClNO/c1-5-15(2,3)18(4)9-8-14(19)12-7-6-11(16)10-13(12)17/h6-7,10H,5,8-9H2,1-4H3. The number of carbonyl (C=O) groups is 1. The van der Waals surface area contributed by atoms with Gasteiger partial charge >= 0.3 is 0 Å². The Morgan fingerprint density at radius 2 is 2.05 bits per heavy atom. The van der Waals surface area contributed by atoms with Gasteiger partial charge in [-0.25, -0.2) is 0 Å². The van der Waals surface area contributed by atoms with E-state index >= 15 is 0 Å². The van der Waals surface area contributed by atoms with Gasteiger partial charge in [-0.3, -0.25) is 4.79 Å². The monoisotopic (exact) mass is 345 g/mol. The molecule has 0 bridgehead atoms. The summed E-state index contributed by atoms with van der Waals surface area (Å²) in [5.41, 5.74) is 0.719. The lowest BCUT2D eigenvalue weighted by molar-refractivity contribution is 0.0929. The second-order valence-corrected chi connectivity index (χ2v) is 6.71. The van der Waals surface area contributed by atoms with Gasteiger partial charge in [-0.1, -0.05) is 34.5 Å². The molecule has 0 aliphatic heterocycles. The largest absolute Gasteiger partial charge is 0.301 e. The fraction of sp³-hybridized carbons (Fsp3) is 0.533. The molecule has 0 aliphatic carbocycles. The summed E-state index contributed by atoms with van der Waals surface area (Å²) in [5.74, 6) is 0.0938. The number of benzene rings is 1. The predicted octanol–water partition coefficient (Wildman–Crippen LogP) is 4.80. The predicted molar refractivity (Wildman–Crippen MR) is 85.1 cm³/mol. The van der Waals surface area contributed by atoms with Crippen LogP contribution in [0.5, 0.6) is 0 Å². The minimum absolute atomic E-state index is 0.0938. The van der Waals surface area contributed by atoms with Crippen molar-refractivity contribution in [2.75, 3.05) is 13.6 Å². The van der Waals surface area contributed by atoms with Crippen LogP contribution in [-0.2, 0) is 0 Å². The van der Waals surface area contributed by atoms with Crippen molar-refractivity contribution >= 4 is 33.3 Å². The maximum absolute atomic E-state index is 12.2. The molecule has 0 aromatic heterocycles. The molecule has 1 aromatic rings. The van der Waals surface area contributed by atoms with E-state index in [9.17, 15) is 4.79 Å². The van der Waals surface area contributed by atoms with E-state index in [2.05, 4.69) is 48.6 Å². The van der Waals surface area contributed by atoms with Crippen LogP contribution in [0.2, 0.25) is 5.02 Å². The number of hydrogen-bond acceptors (Lipinski definition) is 2. The van der Waals surface area contributed by atoms with Gasteiger partial charge in [0.2, 0.25) is 0 Å². The minimum Gasteiger partial charge on any atom is -0.301 e. The zero-order valence-electron chi connectivity index (χ0n) is 12.0. The molecule has 0 spiro atoms. The van der Waals surface area contributed by atoms with E-state index in [1.807, 2.05) is 6.07 Å². The second-order valence-electron chi connectivity index (χ2n) is 5.38. The molecule has 0 amide bonds. The first-order valence-electron chi connectivity index (χ1n) is 6.47. The number of rotatable bonds is 6. The quantitative estimate of drug-likeness (QED) is 0.690. The number of nitrogens with zero attached hydrogens (tertiary/aromatic N) is 1. The Bertz CT molecular complexity index is 459. The minimum atomic E-state index is 0.0938. The van der Waals surface area contributed by atoms with Gasteiger partial charge < -0.3 is 4.90 Å². The molecule has 0 heterocycles. The number of carbonyl (C=O) groups excluding carboxylic acids is 1. The third kappa shape index (κ3) is 4.59. The molecule has 1 rings (SSSR count). The summed E-state index contributed by atoms with van der Waals surface area (Å²) in [6, 6.07) is 5.38. The third-order valence-corrected chi connectivity index (χ3v) is 4.61. The molecule has 0 fully saturated rings. The lowest BCUT2D eigenvalue weighted by Gasteiger charge is -2.34. The summed E-state index contributed by atoms with van der Waals surface area (Å²) in [6.45, 7) is 7.27. The van der Waals surface area contributed by atoms with Crippen molar-refractivity contribution in [1.82, 2.24) is 4.90 Å². The zero-order chi connectivity index (χ0) is 14.6. The van der Waals surface area contributed by atoms with E-state index in [0.29, 0.717) is 17.0 Å². The second kappa shape index (κ2) is 6.87. The molecule has 4 heteroatoms. The van der Waals surface area contributed by atoms with Crippen molar-refractivity contribution in [1.29, 1.82) is 0 Å². The molecular formula is C15H21BrClNO. The Morgan fingerprint density at radius 3 is 2.58 bits per heavy atom. The van der Waals surface area contributed by atoms with E-state index in [1.165, 1.54) is 0 Å². The summed E-state index contributed by atoms with van der Waals surface area (Å²) in [6.07, 6.45) is 1.54. The normalized spacial score (nSPS) is 11.9. The molecule has 0 N–H and O–H groups in total. The fourth-order valence-corrected chi connectivity index (χ4v) is 2.47. The smallest absolute Gasteiger partial charge is 0.165 e. The summed E-state index contributed by atoms with van der Waals surface area (Å²) in [5, 5.41) is 0.511. The van der Waals surface area contributed by atoms with Gasteiger partial charge in [-0.15, -0.1) is 0 Å². The van der Waals surface area contributed by atoms with Gasteiger partial charge in [-0.2, -0.15) is 0 Å². The average Bonchev–Trinajstić information content (AvgIpc) is 2.35. The third-order valence-electron chi connectivity index (χ3n) is 3.80. The van der Waals surface area contributed by atoms with Crippen molar-refractivity contribution in [3.8, 4) is 0 Å². The zero-order valence-corrected chi connectivity index (χ0v) is 14.3. The molecule has 2 nitrogen and oxygen atoms in total. The summed E-state index contributed by atoms with van der Waals surface area (Å²) < 4.78 is 0.887. The van der Waals surface area contributed by atoms with E-state index in [0.717, 1.165) is 17.4 Å². The van der Waals surface area contributed by atoms with Crippen LogP contribution in [0.15, 0.2) is 22.7 Å². The maximum atomic E-state index is 12.2. The SMILES string of the molecule is CCC(C)(C)N(C)CCC(=O)c1ccc(Br)cc1Cl. The summed E-state index contributed by atoms with van der Waals surface area (Å²) in [4.78, 5) is 14.4. The van der Waals surface area contributed by atoms with Gasteiger partial charge in [0, 0.05) is 28.5 Å². The van der Waals surface area contributed by atoms with Gasteiger partial charge in [0.25, 0.3) is 0 Å². The van der Waals surface area contributed by atoms with E-state index in [-0.39, 0.29) is 11.3 Å². The molecule has 0 aliphatic rings. The number of hydrogen-bond donors (Lipinski definition) is 0. The van der Waals surface area contributed by atoms with Crippen molar-refractivity contribution in [3.63, 3.8) is 0 Å². The first kappa shape index (κ1) is 16.7. The lowest BCUT2D eigenvalue weighted by Crippen LogP contribution is -2.41. The van der Waals surface area contributed by atoms with Gasteiger partial charge in [0.15, 0.2) is 5.78 Å². The Hall–Kier alpha value is -0.380. The highest BCUT2D eigenvalue weighted by molar-refractivity contribution is 9.10. The van der Waals surface area contributed by atoms with Crippen LogP contribution in [0.4, 0.5) is 0 Å². The topological polar surface area (TPSA) is 20.3 Å². The van der Waals surface area contributed by atoms with Crippen LogP contribution in [-0.4, -0.2) is 29.8 Å². The Balaban J connectivity index is 2.66. The summed E-state index contributed by atoms with van der Waals surface area (Å²) >= 11 is 9.43. The van der Waals surface area contributed by atoms with Crippen LogP contribution in [0, 0.1) is 0 Å². The lowest BCUT2D eigenvalue weighted by atomic mass is 9.99. The molecule has 0 unspecified atom stereocenters. The molecule has 0 radical (unpaired) electrons. The highest BCUT2D eigenvalue weighted by atomic mass is 79.9. The van der Waals surface area contributed by atoms with Crippen LogP contribution in [0.25, 0.3) is 0 Å². The molecule has 106 valence electrons. The number of Topliss-reactive ketones (excluding diaryl/α,β-unsaturated/α-hetero) is 1. The van der Waals surface area contributed by atoms with Crippen LogP contribution < -0.4 is 0 Å². The molecular weight excluding hydrogens is 326 g/mol. The van der Waals surface area contributed by atoms with Gasteiger partial charge in [0.05, 0.1) is 5.02 Å². The molecule has 0 saturated carbocycles.